The van der Waals surface area contributed by atoms with Gasteiger partial charge in [0.1, 0.15) is 0 Å². The molecular weight excluding hydrogens is 264 g/mol. The zero-order valence-electron chi connectivity index (χ0n) is 13.5. The Morgan fingerprint density at radius 2 is 1.85 bits per heavy atom. The number of nitrogens with two attached hydrogens (primary N) is 1. The summed E-state index contributed by atoms with van der Waals surface area (Å²) in [7, 11) is 0. The maximum absolute atomic E-state index is 6.11. The van der Waals surface area contributed by atoms with Gasteiger partial charge in [-0.15, -0.1) is 11.3 Å². The fourth-order valence-electron chi connectivity index (χ4n) is 3.72. The lowest BCUT2D eigenvalue weighted by Crippen LogP contribution is -2.43. The summed E-state index contributed by atoms with van der Waals surface area (Å²) in [4.78, 5) is 5.48. The lowest BCUT2D eigenvalue weighted by Gasteiger charge is -2.44. The van der Waals surface area contributed by atoms with Gasteiger partial charge in [-0.25, -0.2) is 0 Å². The van der Waals surface area contributed by atoms with Crippen molar-refractivity contribution in [2.45, 2.75) is 59.4 Å². The van der Waals surface area contributed by atoms with Crippen LogP contribution in [0.15, 0.2) is 6.07 Å². The molecule has 2 N–H and O–H groups in total. The summed E-state index contributed by atoms with van der Waals surface area (Å²) in [6.45, 7) is 12.3. The van der Waals surface area contributed by atoms with E-state index < -0.39 is 0 Å². The Morgan fingerprint density at radius 3 is 2.25 bits per heavy atom. The minimum Gasteiger partial charge on any atom is -0.329 e. The molecule has 1 fully saturated rings. The van der Waals surface area contributed by atoms with Crippen molar-refractivity contribution in [3.63, 3.8) is 0 Å². The second kappa shape index (κ2) is 6.59. The number of thiophene rings is 1. The van der Waals surface area contributed by atoms with E-state index in [9.17, 15) is 0 Å². The van der Waals surface area contributed by atoms with Crippen molar-refractivity contribution < 1.29 is 0 Å². The maximum atomic E-state index is 6.11. The second-order valence-electron chi connectivity index (χ2n) is 6.36. The second-order valence-corrected chi connectivity index (χ2v) is 7.82. The number of hydrogen-bond donors (Lipinski definition) is 1. The first-order valence-corrected chi connectivity index (χ1v) is 8.88. The van der Waals surface area contributed by atoms with Gasteiger partial charge in [0.25, 0.3) is 0 Å². The van der Waals surface area contributed by atoms with Crippen molar-refractivity contribution in [2.24, 2.45) is 11.1 Å². The highest BCUT2D eigenvalue weighted by atomic mass is 32.1. The summed E-state index contributed by atoms with van der Waals surface area (Å²) in [5.74, 6) is 0. The van der Waals surface area contributed by atoms with Gasteiger partial charge in [0.15, 0.2) is 0 Å². The molecule has 0 amide bonds. The minimum absolute atomic E-state index is 0.423. The molecule has 0 saturated carbocycles. The number of likely N-dealkylation sites (tertiary alicyclic amines) is 1. The van der Waals surface area contributed by atoms with Crippen LogP contribution in [-0.2, 0) is 0 Å². The lowest BCUT2D eigenvalue weighted by molar-refractivity contribution is 0.0679. The molecule has 0 bridgehead atoms. The molecule has 3 heteroatoms. The van der Waals surface area contributed by atoms with E-state index in [0.717, 1.165) is 6.54 Å². The first kappa shape index (κ1) is 16.0. The maximum Gasteiger partial charge on any atom is 0.0481 e. The Hall–Kier alpha value is -0.380. The van der Waals surface area contributed by atoms with Crippen molar-refractivity contribution in [1.29, 1.82) is 0 Å². The Labute approximate surface area is 128 Å². The monoisotopic (exact) mass is 294 g/mol. The van der Waals surface area contributed by atoms with Gasteiger partial charge in [-0.3, -0.25) is 4.90 Å². The van der Waals surface area contributed by atoms with Crippen LogP contribution in [-0.4, -0.2) is 24.5 Å². The van der Waals surface area contributed by atoms with Crippen LogP contribution < -0.4 is 5.73 Å². The summed E-state index contributed by atoms with van der Waals surface area (Å²) in [6, 6.07) is 2.77. The van der Waals surface area contributed by atoms with Crippen molar-refractivity contribution in [3.8, 4) is 0 Å². The molecule has 114 valence electrons. The van der Waals surface area contributed by atoms with Crippen LogP contribution in [0.2, 0.25) is 0 Å². The predicted octanol–water partition coefficient (Wildman–Crippen LogP) is 4.27. The van der Waals surface area contributed by atoms with E-state index in [1.165, 1.54) is 54.1 Å². The van der Waals surface area contributed by atoms with E-state index in [4.69, 9.17) is 5.73 Å². The van der Waals surface area contributed by atoms with Crippen LogP contribution >= 0.6 is 11.3 Å². The number of nitrogens with zero attached hydrogens (tertiary/aromatic N) is 1. The molecule has 0 aliphatic carbocycles. The number of aryl methyl sites for hydroxylation is 2. The van der Waals surface area contributed by atoms with Crippen LogP contribution in [0.25, 0.3) is 0 Å². The molecule has 1 unspecified atom stereocenters. The Morgan fingerprint density at radius 1 is 1.25 bits per heavy atom. The first-order valence-electron chi connectivity index (χ1n) is 8.06. The van der Waals surface area contributed by atoms with Crippen LogP contribution in [0.5, 0.6) is 0 Å². The topological polar surface area (TPSA) is 29.3 Å². The van der Waals surface area contributed by atoms with E-state index in [1.807, 2.05) is 11.3 Å². The van der Waals surface area contributed by atoms with E-state index in [0.29, 0.717) is 11.5 Å². The van der Waals surface area contributed by atoms with E-state index in [1.54, 1.807) is 0 Å². The molecule has 1 aliphatic heterocycles. The van der Waals surface area contributed by atoms with E-state index in [2.05, 4.69) is 38.7 Å². The summed E-state index contributed by atoms with van der Waals surface area (Å²) in [5, 5.41) is 0. The zero-order chi connectivity index (χ0) is 14.8. The molecule has 2 nitrogen and oxygen atoms in total. The van der Waals surface area contributed by atoms with Crippen LogP contribution in [0.1, 0.15) is 60.9 Å². The summed E-state index contributed by atoms with van der Waals surface area (Å²) < 4.78 is 0. The van der Waals surface area contributed by atoms with Crippen LogP contribution in [0.3, 0.4) is 0 Å². The van der Waals surface area contributed by atoms with Gasteiger partial charge >= 0.3 is 0 Å². The van der Waals surface area contributed by atoms with Crippen molar-refractivity contribution in [1.82, 2.24) is 4.90 Å². The fraction of sp³-hybridized carbons (Fsp3) is 0.765. The van der Waals surface area contributed by atoms with Gasteiger partial charge in [0.05, 0.1) is 0 Å². The third-order valence-electron chi connectivity index (χ3n) is 5.46. The normalized spacial score (nSPS) is 21.1. The summed E-state index contributed by atoms with van der Waals surface area (Å²) in [5.41, 5.74) is 8.17. The third-order valence-corrected chi connectivity index (χ3v) is 6.44. The quantitative estimate of drug-likeness (QED) is 0.879. The first-order chi connectivity index (χ1) is 9.55. The Bertz CT molecular complexity index is 424. The average Bonchev–Trinajstić information content (AvgIpc) is 2.80. The Balaban J connectivity index is 2.09. The van der Waals surface area contributed by atoms with Gasteiger partial charge in [0.2, 0.25) is 0 Å². The molecule has 1 aliphatic rings. The molecule has 0 spiro atoms. The number of hydrogen-bond acceptors (Lipinski definition) is 3. The summed E-state index contributed by atoms with van der Waals surface area (Å²) >= 11 is 1.90. The Kier molecular flexibility index (Phi) is 5.27. The highest BCUT2D eigenvalue weighted by Gasteiger charge is 2.34. The van der Waals surface area contributed by atoms with Gasteiger partial charge in [-0.2, -0.15) is 0 Å². The SMILES string of the molecule is CCC1(CC)CCN(C(CN)c2cc(C)sc2C)CC1. The van der Waals surface area contributed by atoms with Gasteiger partial charge in [-0.1, -0.05) is 26.7 Å². The molecule has 20 heavy (non-hydrogen) atoms. The molecule has 1 aromatic heterocycles. The molecule has 2 rings (SSSR count). The van der Waals surface area contributed by atoms with E-state index >= 15 is 0 Å². The highest BCUT2D eigenvalue weighted by Crippen LogP contribution is 2.40. The molecular formula is C17H30N2S. The fourth-order valence-corrected chi connectivity index (χ4v) is 4.70. The molecule has 1 saturated heterocycles. The molecule has 1 atom stereocenters. The van der Waals surface area contributed by atoms with E-state index in [-0.39, 0.29) is 0 Å². The molecule has 0 radical (unpaired) electrons. The van der Waals surface area contributed by atoms with Gasteiger partial charge in [0, 0.05) is 22.3 Å². The van der Waals surface area contributed by atoms with Gasteiger partial charge < -0.3 is 5.73 Å². The smallest absolute Gasteiger partial charge is 0.0481 e. The van der Waals surface area contributed by atoms with Crippen LogP contribution in [0, 0.1) is 19.3 Å². The lowest BCUT2D eigenvalue weighted by atomic mass is 9.74. The summed E-state index contributed by atoms with van der Waals surface area (Å²) in [6.07, 6.45) is 5.31. The molecule has 1 aromatic rings. The predicted molar refractivity (Wildman–Crippen MR) is 89.4 cm³/mol. The van der Waals surface area contributed by atoms with Crippen LogP contribution in [0.4, 0.5) is 0 Å². The standard InChI is InChI=1S/C17H30N2S/c1-5-17(6-2)7-9-19(10-8-17)16(12-18)15-11-13(3)20-14(15)4/h11,16H,5-10,12,18H2,1-4H3. The largest absolute Gasteiger partial charge is 0.329 e. The minimum atomic E-state index is 0.423. The van der Waals surface area contributed by atoms with Gasteiger partial charge in [-0.05, 0) is 56.8 Å². The third kappa shape index (κ3) is 3.10. The van der Waals surface area contributed by atoms with Crippen molar-refractivity contribution >= 4 is 11.3 Å². The highest BCUT2D eigenvalue weighted by molar-refractivity contribution is 7.12. The number of rotatable bonds is 5. The van der Waals surface area contributed by atoms with Crippen molar-refractivity contribution in [2.75, 3.05) is 19.6 Å². The average molecular weight is 295 g/mol. The molecule has 0 aromatic carbocycles. The van der Waals surface area contributed by atoms with Crippen molar-refractivity contribution in [3.05, 3.63) is 21.4 Å². The zero-order valence-corrected chi connectivity index (χ0v) is 14.4. The molecule has 2 heterocycles. The number of piperidine rings is 1.